The lowest BCUT2D eigenvalue weighted by Crippen LogP contribution is -2.83. The highest BCUT2D eigenvalue weighted by Gasteiger charge is 2.14. The number of carbonyl (C=O) groups is 1. The zero-order valence-corrected chi connectivity index (χ0v) is 15.0. The molecule has 0 spiro atoms. The first kappa shape index (κ1) is 18.7. The number of nitrogens with two attached hydrogens (primary N) is 1. The van der Waals surface area contributed by atoms with Crippen LogP contribution in [0.5, 0.6) is 0 Å². The van der Waals surface area contributed by atoms with Gasteiger partial charge in [0.1, 0.15) is 24.2 Å². The molecule has 138 valence electrons. The molecule has 0 fully saturated rings. The number of amides is 1. The van der Waals surface area contributed by atoms with Gasteiger partial charge in [-0.1, -0.05) is 30.3 Å². The Morgan fingerprint density at radius 2 is 1.70 bits per heavy atom. The second kappa shape index (κ2) is 8.56. The predicted molar refractivity (Wildman–Crippen MR) is 101 cm³/mol. The lowest BCUT2D eigenvalue weighted by atomic mass is 10.1. The van der Waals surface area contributed by atoms with Gasteiger partial charge in [-0.3, -0.25) is 4.79 Å². The second-order valence-electron chi connectivity index (χ2n) is 6.41. The third-order valence-corrected chi connectivity index (χ3v) is 4.41. The van der Waals surface area contributed by atoms with Gasteiger partial charge in [-0.2, -0.15) is 0 Å². The fourth-order valence-corrected chi connectivity index (χ4v) is 2.83. The molecular formula is C22H21F2N2O+. The minimum Gasteiger partial charge on any atom is -0.336 e. The van der Waals surface area contributed by atoms with Crippen LogP contribution in [0.4, 0.5) is 14.5 Å². The van der Waals surface area contributed by atoms with Crippen molar-refractivity contribution in [2.75, 3.05) is 5.32 Å². The smallest absolute Gasteiger partial charge is 0.255 e. The molecule has 3 nitrogen and oxygen atoms in total. The van der Waals surface area contributed by atoms with Gasteiger partial charge in [0.25, 0.3) is 5.91 Å². The van der Waals surface area contributed by atoms with E-state index in [0.29, 0.717) is 17.7 Å². The van der Waals surface area contributed by atoms with Crippen LogP contribution in [0.3, 0.4) is 0 Å². The molecule has 0 aliphatic rings. The van der Waals surface area contributed by atoms with E-state index < -0.39 is 11.6 Å². The zero-order valence-electron chi connectivity index (χ0n) is 15.0. The van der Waals surface area contributed by atoms with Crippen LogP contribution in [0.25, 0.3) is 0 Å². The fourth-order valence-electron chi connectivity index (χ4n) is 2.83. The second-order valence-corrected chi connectivity index (χ2v) is 6.41. The van der Waals surface area contributed by atoms with E-state index in [2.05, 4.69) is 5.32 Å². The molecule has 3 rings (SSSR count). The highest BCUT2D eigenvalue weighted by molar-refractivity contribution is 6.04. The number of quaternary nitrogens is 1. The molecule has 1 atom stereocenters. The number of carbonyl (C=O) groups excluding carboxylic acids is 1. The van der Waals surface area contributed by atoms with Crippen molar-refractivity contribution in [3.05, 3.63) is 101 Å². The topological polar surface area (TPSA) is 45.7 Å². The van der Waals surface area contributed by atoms with Gasteiger partial charge in [-0.05, 0) is 43.3 Å². The molecule has 0 aliphatic carbocycles. The molecule has 0 saturated heterocycles. The summed E-state index contributed by atoms with van der Waals surface area (Å²) in [5.74, 6) is -1.28. The third-order valence-electron chi connectivity index (χ3n) is 4.41. The molecule has 5 heteroatoms. The largest absolute Gasteiger partial charge is 0.336 e. The van der Waals surface area contributed by atoms with Gasteiger partial charge in [0, 0.05) is 28.4 Å². The normalized spacial score (nSPS) is 11.8. The SMILES string of the molecule is C[C@@H]([NH2+]Cc1ccc(C(=O)Nc2ccccc2)cc1)c1ccc(F)cc1F. The number of halogens is 2. The average Bonchev–Trinajstić information content (AvgIpc) is 2.67. The summed E-state index contributed by atoms with van der Waals surface area (Å²) < 4.78 is 26.9. The first-order chi connectivity index (χ1) is 13.0. The first-order valence-corrected chi connectivity index (χ1v) is 8.76. The Hall–Kier alpha value is -3.05. The summed E-state index contributed by atoms with van der Waals surface area (Å²) in [6.07, 6.45) is 0. The van der Waals surface area contributed by atoms with E-state index in [9.17, 15) is 13.6 Å². The summed E-state index contributed by atoms with van der Waals surface area (Å²) in [7, 11) is 0. The number of para-hydroxylation sites is 1. The Labute approximate surface area is 157 Å². The van der Waals surface area contributed by atoms with E-state index in [1.54, 1.807) is 12.1 Å². The number of anilines is 1. The minimum atomic E-state index is -0.576. The van der Waals surface area contributed by atoms with Crippen LogP contribution < -0.4 is 10.6 Å². The Morgan fingerprint density at radius 3 is 2.37 bits per heavy atom. The van der Waals surface area contributed by atoms with E-state index in [1.807, 2.05) is 54.7 Å². The molecular weight excluding hydrogens is 346 g/mol. The van der Waals surface area contributed by atoms with Crippen molar-refractivity contribution in [1.29, 1.82) is 0 Å². The monoisotopic (exact) mass is 367 g/mol. The van der Waals surface area contributed by atoms with Gasteiger partial charge in [0.2, 0.25) is 0 Å². The summed E-state index contributed by atoms with van der Waals surface area (Å²) in [4.78, 5) is 12.3. The van der Waals surface area contributed by atoms with Crippen molar-refractivity contribution in [3.63, 3.8) is 0 Å². The summed E-state index contributed by atoms with van der Waals surface area (Å²) in [5, 5.41) is 4.81. The van der Waals surface area contributed by atoms with Crippen molar-refractivity contribution in [3.8, 4) is 0 Å². The van der Waals surface area contributed by atoms with Gasteiger partial charge in [-0.15, -0.1) is 0 Å². The summed E-state index contributed by atoms with van der Waals surface area (Å²) >= 11 is 0. The summed E-state index contributed by atoms with van der Waals surface area (Å²) in [6.45, 7) is 2.50. The van der Waals surface area contributed by atoms with Crippen LogP contribution in [0, 0.1) is 11.6 Å². The van der Waals surface area contributed by atoms with E-state index in [4.69, 9.17) is 0 Å². The van der Waals surface area contributed by atoms with E-state index in [1.165, 1.54) is 12.1 Å². The maximum Gasteiger partial charge on any atom is 0.255 e. The third kappa shape index (κ3) is 4.99. The zero-order chi connectivity index (χ0) is 19.2. The lowest BCUT2D eigenvalue weighted by molar-refractivity contribution is -0.708. The molecule has 0 unspecified atom stereocenters. The molecule has 3 N–H and O–H groups in total. The fraction of sp³-hybridized carbons (Fsp3) is 0.136. The molecule has 3 aromatic rings. The number of nitrogens with one attached hydrogen (secondary N) is 1. The minimum absolute atomic E-state index is 0.147. The number of hydrogen-bond acceptors (Lipinski definition) is 1. The molecule has 0 aromatic heterocycles. The van der Waals surface area contributed by atoms with Crippen LogP contribution in [-0.4, -0.2) is 5.91 Å². The Morgan fingerprint density at radius 1 is 1.00 bits per heavy atom. The van der Waals surface area contributed by atoms with E-state index in [0.717, 1.165) is 17.3 Å². The number of hydrogen-bond donors (Lipinski definition) is 2. The van der Waals surface area contributed by atoms with Gasteiger partial charge in [0.15, 0.2) is 0 Å². The molecule has 1 amide bonds. The quantitative estimate of drug-likeness (QED) is 0.679. The van der Waals surface area contributed by atoms with Gasteiger partial charge < -0.3 is 10.6 Å². The molecule has 27 heavy (non-hydrogen) atoms. The van der Waals surface area contributed by atoms with Crippen molar-refractivity contribution in [2.45, 2.75) is 19.5 Å². The first-order valence-electron chi connectivity index (χ1n) is 8.76. The lowest BCUT2D eigenvalue weighted by Gasteiger charge is -2.12. The number of rotatable bonds is 6. The van der Waals surface area contributed by atoms with Gasteiger partial charge >= 0.3 is 0 Å². The van der Waals surface area contributed by atoms with Crippen LogP contribution in [0.1, 0.15) is 34.5 Å². The number of benzene rings is 3. The van der Waals surface area contributed by atoms with Crippen LogP contribution in [0.15, 0.2) is 72.8 Å². The van der Waals surface area contributed by atoms with Crippen LogP contribution in [-0.2, 0) is 6.54 Å². The Bertz CT molecular complexity index is 911. The molecule has 0 saturated carbocycles. The van der Waals surface area contributed by atoms with E-state index >= 15 is 0 Å². The Balaban J connectivity index is 1.58. The standard InChI is InChI=1S/C22H20F2N2O/c1-15(20-12-11-18(23)13-21(20)24)25-14-16-7-9-17(10-8-16)22(27)26-19-5-3-2-4-6-19/h2-13,15,25H,14H2,1H3,(H,26,27)/p+1/t15-/m1/s1. The molecule has 3 aromatic carbocycles. The van der Waals surface area contributed by atoms with Crippen molar-refractivity contribution >= 4 is 11.6 Å². The van der Waals surface area contributed by atoms with Crippen LogP contribution in [0.2, 0.25) is 0 Å². The van der Waals surface area contributed by atoms with Gasteiger partial charge in [-0.25, -0.2) is 8.78 Å². The molecule has 0 heterocycles. The van der Waals surface area contributed by atoms with E-state index in [-0.39, 0.29) is 11.9 Å². The average molecular weight is 367 g/mol. The maximum atomic E-state index is 13.8. The molecule has 0 bridgehead atoms. The molecule has 0 aliphatic heterocycles. The highest BCUT2D eigenvalue weighted by atomic mass is 19.1. The molecule has 0 radical (unpaired) electrons. The van der Waals surface area contributed by atoms with Crippen molar-refractivity contribution in [1.82, 2.24) is 0 Å². The van der Waals surface area contributed by atoms with Gasteiger partial charge in [0.05, 0.1) is 0 Å². The highest BCUT2D eigenvalue weighted by Crippen LogP contribution is 2.15. The Kier molecular flexibility index (Phi) is 5.94. The summed E-state index contributed by atoms with van der Waals surface area (Å²) in [5.41, 5.74) is 2.80. The maximum absolute atomic E-state index is 13.8. The predicted octanol–water partition coefficient (Wildman–Crippen LogP) is 4.04. The van der Waals surface area contributed by atoms with Crippen LogP contribution >= 0.6 is 0 Å². The summed E-state index contributed by atoms with van der Waals surface area (Å²) in [6, 6.07) is 20.1. The van der Waals surface area contributed by atoms with Crippen molar-refractivity contribution < 1.29 is 18.9 Å². The van der Waals surface area contributed by atoms with Crippen molar-refractivity contribution in [2.24, 2.45) is 0 Å².